The molecule has 0 saturated heterocycles. The number of amides is 1. The van der Waals surface area contributed by atoms with E-state index in [0.29, 0.717) is 11.9 Å². The minimum Gasteiger partial charge on any atom is -0.397 e. The minimum atomic E-state index is -4.52. The van der Waals surface area contributed by atoms with Gasteiger partial charge >= 0.3 is 6.18 Å². The Labute approximate surface area is 123 Å². The maximum atomic E-state index is 12.6. The van der Waals surface area contributed by atoms with E-state index in [1.54, 1.807) is 0 Å². The summed E-state index contributed by atoms with van der Waals surface area (Å²) in [6.07, 6.45) is -2.76. The van der Waals surface area contributed by atoms with Crippen LogP contribution < -0.4 is 11.1 Å². The van der Waals surface area contributed by atoms with E-state index < -0.39 is 11.9 Å². The minimum absolute atomic E-state index is 0.114. The van der Waals surface area contributed by atoms with E-state index in [1.165, 1.54) is 6.07 Å². The number of nitrogen functional groups attached to an aromatic ring is 1. The van der Waals surface area contributed by atoms with Crippen molar-refractivity contribution in [2.24, 2.45) is 0 Å². The second-order valence-electron chi connectivity index (χ2n) is 4.50. The number of rotatable bonds is 4. The van der Waals surface area contributed by atoms with E-state index >= 15 is 0 Å². The Balaban J connectivity index is 2.34. The molecule has 2 aromatic rings. The first-order chi connectivity index (χ1) is 9.84. The molecular weight excluding hydrogens is 303 g/mol. The van der Waals surface area contributed by atoms with Crippen LogP contribution in [0.1, 0.15) is 35.1 Å². The standard InChI is InChI=1S/C13H14F3N3OS/c1-2-3-6-18-11(20)10-9(17)7-4-5-8(13(14,15)16)19-12(7)21-10/h4-5H,2-3,6,17H2,1H3,(H,18,20). The first-order valence-electron chi connectivity index (χ1n) is 6.39. The van der Waals surface area contributed by atoms with Crippen molar-refractivity contribution in [2.45, 2.75) is 25.9 Å². The van der Waals surface area contributed by atoms with E-state index in [2.05, 4.69) is 10.3 Å². The number of fused-ring (bicyclic) bond motifs is 1. The highest BCUT2D eigenvalue weighted by Gasteiger charge is 2.33. The molecule has 8 heteroatoms. The third-order valence-electron chi connectivity index (χ3n) is 2.91. The molecule has 0 radical (unpaired) electrons. The summed E-state index contributed by atoms with van der Waals surface area (Å²) in [6, 6.07) is 2.12. The average molecular weight is 317 g/mol. The number of halogens is 3. The summed E-state index contributed by atoms with van der Waals surface area (Å²) in [5.74, 6) is -0.377. The summed E-state index contributed by atoms with van der Waals surface area (Å²) < 4.78 is 37.9. The largest absolute Gasteiger partial charge is 0.433 e. The number of hydrogen-bond donors (Lipinski definition) is 2. The zero-order chi connectivity index (χ0) is 15.6. The molecule has 0 bridgehead atoms. The van der Waals surface area contributed by atoms with Gasteiger partial charge in [-0.05, 0) is 18.6 Å². The smallest absolute Gasteiger partial charge is 0.397 e. The predicted octanol–water partition coefficient (Wildman–Crippen LogP) is 3.43. The van der Waals surface area contributed by atoms with E-state index in [4.69, 9.17) is 5.73 Å². The van der Waals surface area contributed by atoms with Crippen molar-refractivity contribution < 1.29 is 18.0 Å². The number of carbonyl (C=O) groups is 1. The summed E-state index contributed by atoms with van der Waals surface area (Å²) in [4.78, 5) is 15.8. The van der Waals surface area contributed by atoms with Gasteiger partial charge in [-0.2, -0.15) is 13.2 Å². The Kier molecular flexibility index (Phi) is 4.36. The lowest BCUT2D eigenvalue weighted by Crippen LogP contribution is -2.24. The molecule has 0 saturated carbocycles. The third kappa shape index (κ3) is 3.26. The second-order valence-corrected chi connectivity index (χ2v) is 5.50. The lowest BCUT2D eigenvalue weighted by Gasteiger charge is -2.04. The highest BCUT2D eigenvalue weighted by Crippen LogP contribution is 2.35. The summed E-state index contributed by atoms with van der Waals surface area (Å²) in [5.41, 5.74) is 5.01. The average Bonchev–Trinajstić information content (AvgIpc) is 2.75. The zero-order valence-electron chi connectivity index (χ0n) is 11.3. The lowest BCUT2D eigenvalue weighted by molar-refractivity contribution is -0.140. The van der Waals surface area contributed by atoms with E-state index in [0.717, 1.165) is 30.2 Å². The quantitative estimate of drug-likeness (QED) is 0.849. The molecule has 0 aliphatic carbocycles. The Morgan fingerprint density at radius 2 is 2.14 bits per heavy atom. The van der Waals surface area contributed by atoms with Crippen LogP contribution in [0.2, 0.25) is 0 Å². The number of nitrogens with one attached hydrogen (secondary N) is 1. The van der Waals surface area contributed by atoms with Crippen molar-refractivity contribution in [1.29, 1.82) is 0 Å². The molecule has 0 aliphatic rings. The van der Waals surface area contributed by atoms with Gasteiger partial charge in [0.2, 0.25) is 0 Å². The van der Waals surface area contributed by atoms with Gasteiger partial charge in [-0.25, -0.2) is 4.98 Å². The highest BCUT2D eigenvalue weighted by atomic mass is 32.1. The van der Waals surface area contributed by atoms with Crippen LogP contribution in [0.3, 0.4) is 0 Å². The molecule has 2 aromatic heterocycles. The van der Waals surface area contributed by atoms with Crippen molar-refractivity contribution in [3.05, 3.63) is 22.7 Å². The fraction of sp³-hybridized carbons (Fsp3) is 0.385. The molecule has 3 N–H and O–H groups in total. The van der Waals surface area contributed by atoms with Crippen molar-refractivity contribution >= 4 is 33.1 Å². The number of aromatic nitrogens is 1. The zero-order valence-corrected chi connectivity index (χ0v) is 12.1. The molecule has 1 amide bonds. The van der Waals surface area contributed by atoms with Crippen LogP contribution in [0.4, 0.5) is 18.9 Å². The van der Waals surface area contributed by atoms with Crippen molar-refractivity contribution in [1.82, 2.24) is 10.3 Å². The lowest BCUT2D eigenvalue weighted by atomic mass is 10.2. The van der Waals surface area contributed by atoms with Crippen molar-refractivity contribution in [3.8, 4) is 0 Å². The Hall–Kier alpha value is -1.83. The number of anilines is 1. The molecule has 0 aromatic carbocycles. The van der Waals surface area contributed by atoms with Gasteiger partial charge in [0.1, 0.15) is 15.4 Å². The van der Waals surface area contributed by atoms with Crippen LogP contribution in [0.25, 0.3) is 10.2 Å². The van der Waals surface area contributed by atoms with Gasteiger partial charge in [-0.15, -0.1) is 11.3 Å². The second kappa shape index (κ2) is 5.88. The van der Waals surface area contributed by atoms with Crippen LogP contribution in [0, 0.1) is 0 Å². The molecular formula is C13H14F3N3OS. The molecule has 114 valence electrons. The fourth-order valence-corrected chi connectivity index (χ4v) is 2.79. The summed E-state index contributed by atoms with van der Waals surface area (Å²) in [6.45, 7) is 2.49. The number of pyridine rings is 1. The van der Waals surface area contributed by atoms with Crippen LogP contribution in [0.5, 0.6) is 0 Å². The SMILES string of the molecule is CCCCNC(=O)c1sc2nc(C(F)(F)F)ccc2c1N. The maximum absolute atomic E-state index is 12.6. The predicted molar refractivity (Wildman–Crippen MR) is 76.3 cm³/mol. The number of nitrogens with zero attached hydrogens (tertiary/aromatic N) is 1. The molecule has 0 spiro atoms. The number of hydrogen-bond acceptors (Lipinski definition) is 4. The molecule has 0 atom stereocenters. The molecule has 0 unspecified atom stereocenters. The Morgan fingerprint density at radius 3 is 2.76 bits per heavy atom. The van der Waals surface area contributed by atoms with Crippen molar-refractivity contribution in [2.75, 3.05) is 12.3 Å². The van der Waals surface area contributed by atoms with Gasteiger partial charge in [0.25, 0.3) is 5.91 Å². The van der Waals surface area contributed by atoms with E-state index in [1.807, 2.05) is 6.92 Å². The van der Waals surface area contributed by atoms with Crippen LogP contribution in [0.15, 0.2) is 12.1 Å². The van der Waals surface area contributed by atoms with Crippen LogP contribution >= 0.6 is 11.3 Å². The van der Waals surface area contributed by atoms with Crippen LogP contribution in [-0.4, -0.2) is 17.4 Å². The normalized spacial score (nSPS) is 11.8. The number of carbonyl (C=O) groups excluding carboxylic acids is 1. The van der Waals surface area contributed by atoms with Gasteiger partial charge in [0.05, 0.1) is 5.69 Å². The molecule has 2 heterocycles. The van der Waals surface area contributed by atoms with Gasteiger partial charge < -0.3 is 11.1 Å². The van der Waals surface area contributed by atoms with Crippen molar-refractivity contribution in [3.63, 3.8) is 0 Å². The first-order valence-corrected chi connectivity index (χ1v) is 7.20. The first kappa shape index (κ1) is 15.6. The Bertz CT molecular complexity index is 666. The fourth-order valence-electron chi connectivity index (χ4n) is 1.78. The molecule has 21 heavy (non-hydrogen) atoms. The van der Waals surface area contributed by atoms with Gasteiger partial charge in [-0.3, -0.25) is 4.79 Å². The number of nitrogens with two attached hydrogens (primary N) is 1. The van der Waals surface area contributed by atoms with Gasteiger partial charge in [0.15, 0.2) is 0 Å². The summed E-state index contributed by atoms with van der Waals surface area (Å²) in [7, 11) is 0. The number of alkyl halides is 3. The van der Waals surface area contributed by atoms with Gasteiger partial charge in [-0.1, -0.05) is 13.3 Å². The van der Waals surface area contributed by atoms with Gasteiger partial charge in [0, 0.05) is 11.9 Å². The maximum Gasteiger partial charge on any atom is 0.433 e. The van der Waals surface area contributed by atoms with E-state index in [9.17, 15) is 18.0 Å². The van der Waals surface area contributed by atoms with Crippen LogP contribution in [-0.2, 0) is 6.18 Å². The molecule has 0 fully saturated rings. The van der Waals surface area contributed by atoms with E-state index in [-0.39, 0.29) is 21.3 Å². The molecule has 0 aliphatic heterocycles. The number of thiophene rings is 1. The topological polar surface area (TPSA) is 68.0 Å². The monoisotopic (exact) mass is 317 g/mol. The number of unbranched alkanes of at least 4 members (excludes halogenated alkanes) is 1. The summed E-state index contributed by atoms with van der Waals surface area (Å²) >= 11 is 0.872. The Morgan fingerprint density at radius 1 is 1.43 bits per heavy atom. The highest BCUT2D eigenvalue weighted by molar-refractivity contribution is 7.21. The third-order valence-corrected chi connectivity index (χ3v) is 4.02. The molecule has 2 rings (SSSR count). The summed E-state index contributed by atoms with van der Waals surface area (Å²) in [5, 5.41) is 3.06. The molecule has 4 nitrogen and oxygen atoms in total.